The Hall–Kier alpha value is -3.32. The van der Waals surface area contributed by atoms with Gasteiger partial charge in [0.1, 0.15) is 11.3 Å². The van der Waals surface area contributed by atoms with Crippen LogP contribution in [-0.4, -0.2) is 48.2 Å². The summed E-state index contributed by atoms with van der Waals surface area (Å²) in [5.41, 5.74) is 3.89. The summed E-state index contributed by atoms with van der Waals surface area (Å²) in [4.78, 5) is 32.2. The topological polar surface area (TPSA) is 76.3 Å². The van der Waals surface area contributed by atoms with E-state index >= 15 is 0 Å². The van der Waals surface area contributed by atoms with Gasteiger partial charge in [-0.2, -0.15) is 0 Å². The summed E-state index contributed by atoms with van der Waals surface area (Å²) in [6.07, 6.45) is 10.2. The third-order valence-electron chi connectivity index (χ3n) is 5.41. The highest BCUT2D eigenvalue weighted by molar-refractivity contribution is 6.30. The number of aromatic nitrogens is 5. The first-order valence-electron chi connectivity index (χ1n) is 9.84. The van der Waals surface area contributed by atoms with Crippen LogP contribution in [0.3, 0.4) is 0 Å². The molecular weight excluding hydrogens is 400 g/mol. The van der Waals surface area contributed by atoms with Crippen LogP contribution in [0.4, 0.5) is 0 Å². The van der Waals surface area contributed by atoms with Crippen LogP contribution in [0.15, 0.2) is 61.3 Å². The van der Waals surface area contributed by atoms with Gasteiger partial charge in [0.15, 0.2) is 0 Å². The van der Waals surface area contributed by atoms with Crippen molar-refractivity contribution in [3.8, 4) is 11.4 Å². The van der Waals surface area contributed by atoms with Crippen LogP contribution < -0.4 is 0 Å². The van der Waals surface area contributed by atoms with E-state index in [0.717, 1.165) is 42.1 Å². The number of carbonyl (C=O) groups excluding carboxylic acids is 1. The Labute approximate surface area is 178 Å². The van der Waals surface area contributed by atoms with Crippen LogP contribution in [0.2, 0.25) is 5.02 Å². The largest absolute Gasteiger partial charge is 0.337 e. The molecule has 1 aliphatic heterocycles. The maximum atomic E-state index is 12.8. The lowest BCUT2D eigenvalue weighted by molar-refractivity contribution is 0.0699. The molecule has 30 heavy (non-hydrogen) atoms. The van der Waals surface area contributed by atoms with Crippen LogP contribution in [0.25, 0.3) is 17.0 Å². The molecule has 0 aliphatic carbocycles. The van der Waals surface area contributed by atoms with E-state index in [1.807, 2.05) is 52.0 Å². The van der Waals surface area contributed by atoms with Crippen LogP contribution in [0, 0.1) is 0 Å². The maximum absolute atomic E-state index is 12.8. The minimum absolute atomic E-state index is 0.0830. The first-order valence-corrected chi connectivity index (χ1v) is 10.2. The third-order valence-corrected chi connectivity index (χ3v) is 5.64. The number of likely N-dealkylation sites (tertiary alicyclic amines) is 1. The molecule has 0 aromatic carbocycles. The second kappa shape index (κ2) is 7.84. The summed E-state index contributed by atoms with van der Waals surface area (Å²) in [6, 6.07) is 9.71. The molecule has 1 saturated heterocycles. The Morgan fingerprint density at radius 2 is 2.03 bits per heavy atom. The molecule has 0 radical (unpaired) electrons. The van der Waals surface area contributed by atoms with E-state index in [1.54, 1.807) is 12.4 Å². The third kappa shape index (κ3) is 3.52. The van der Waals surface area contributed by atoms with Gasteiger partial charge in [-0.3, -0.25) is 19.2 Å². The van der Waals surface area contributed by atoms with E-state index in [9.17, 15) is 4.79 Å². The van der Waals surface area contributed by atoms with Crippen molar-refractivity contribution in [2.24, 2.45) is 0 Å². The highest BCUT2D eigenvalue weighted by atomic mass is 35.5. The van der Waals surface area contributed by atoms with Gasteiger partial charge in [0.2, 0.25) is 0 Å². The molecule has 1 atom stereocenters. The maximum Gasteiger partial charge on any atom is 0.274 e. The number of imidazole rings is 1. The zero-order valence-electron chi connectivity index (χ0n) is 16.1. The van der Waals surface area contributed by atoms with Crippen molar-refractivity contribution < 1.29 is 4.79 Å². The number of amides is 1. The molecule has 5 rings (SSSR count). The quantitative estimate of drug-likeness (QED) is 0.505. The first kappa shape index (κ1) is 18.7. The van der Waals surface area contributed by atoms with Gasteiger partial charge in [-0.15, -0.1) is 0 Å². The fraction of sp³-hybridized carbons (Fsp3) is 0.227. The zero-order chi connectivity index (χ0) is 20.5. The van der Waals surface area contributed by atoms with Crippen LogP contribution in [0.5, 0.6) is 0 Å². The van der Waals surface area contributed by atoms with Gasteiger partial charge in [0, 0.05) is 43.3 Å². The molecule has 8 heteroatoms. The summed E-state index contributed by atoms with van der Waals surface area (Å²) < 4.78 is 1.94. The van der Waals surface area contributed by atoms with Gasteiger partial charge in [-0.05, 0) is 37.1 Å². The Bertz CT molecular complexity index is 1210. The first-order chi connectivity index (χ1) is 14.7. The van der Waals surface area contributed by atoms with Gasteiger partial charge >= 0.3 is 0 Å². The van der Waals surface area contributed by atoms with Gasteiger partial charge < -0.3 is 4.90 Å². The number of rotatable bonds is 3. The van der Waals surface area contributed by atoms with E-state index in [1.165, 1.54) is 6.20 Å². The standard InChI is InChI=1S/C22H19ClN6O/c23-16-6-7-21-26-12-20(29(21)14-16)18-5-1-4-17(27-18)15-3-2-10-28(13-15)22(30)19-11-24-8-9-25-19/h1,4-9,11-12,14-15H,2-3,10,13H2/t15-/m0/s1. The molecule has 4 aromatic rings. The van der Waals surface area contributed by atoms with Gasteiger partial charge in [0.05, 0.1) is 28.8 Å². The second-order valence-corrected chi connectivity index (χ2v) is 7.78. The number of hydrogen-bond donors (Lipinski definition) is 0. The molecule has 1 aliphatic rings. The zero-order valence-corrected chi connectivity index (χ0v) is 16.9. The number of halogens is 1. The fourth-order valence-corrected chi connectivity index (χ4v) is 4.10. The van der Waals surface area contributed by atoms with Crippen LogP contribution in [0.1, 0.15) is 34.9 Å². The second-order valence-electron chi connectivity index (χ2n) is 7.35. The highest BCUT2D eigenvalue weighted by Gasteiger charge is 2.27. The normalized spacial score (nSPS) is 16.7. The monoisotopic (exact) mass is 418 g/mol. The number of piperidine rings is 1. The summed E-state index contributed by atoms with van der Waals surface area (Å²) in [5.74, 6) is 0.0856. The summed E-state index contributed by atoms with van der Waals surface area (Å²) >= 11 is 6.17. The minimum atomic E-state index is -0.0830. The number of pyridine rings is 2. The molecular formula is C22H19ClN6O. The lowest BCUT2D eigenvalue weighted by Crippen LogP contribution is -2.39. The van der Waals surface area contributed by atoms with Crippen molar-refractivity contribution in [1.82, 2.24) is 29.2 Å². The van der Waals surface area contributed by atoms with E-state index in [4.69, 9.17) is 16.6 Å². The average Bonchev–Trinajstić information content (AvgIpc) is 3.22. The van der Waals surface area contributed by atoms with E-state index in [0.29, 0.717) is 17.3 Å². The van der Waals surface area contributed by atoms with Crippen molar-refractivity contribution >= 4 is 23.2 Å². The lowest BCUT2D eigenvalue weighted by Gasteiger charge is -2.32. The minimum Gasteiger partial charge on any atom is -0.337 e. The van der Waals surface area contributed by atoms with Crippen molar-refractivity contribution in [2.45, 2.75) is 18.8 Å². The molecule has 5 heterocycles. The number of fused-ring (bicyclic) bond motifs is 1. The van der Waals surface area contributed by atoms with E-state index < -0.39 is 0 Å². The van der Waals surface area contributed by atoms with E-state index in [2.05, 4.69) is 15.0 Å². The molecule has 0 saturated carbocycles. The van der Waals surface area contributed by atoms with Crippen LogP contribution in [-0.2, 0) is 0 Å². The Balaban J connectivity index is 1.42. The van der Waals surface area contributed by atoms with Crippen molar-refractivity contribution in [3.63, 3.8) is 0 Å². The predicted molar refractivity (Wildman–Crippen MR) is 113 cm³/mol. The van der Waals surface area contributed by atoms with Gasteiger partial charge in [-0.25, -0.2) is 9.97 Å². The van der Waals surface area contributed by atoms with Gasteiger partial charge in [0.25, 0.3) is 5.91 Å². The summed E-state index contributed by atoms with van der Waals surface area (Å²) in [6.45, 7) is 1.34. The molecule has 4 aromatic heterocycles. The Morgan fingerprint density at radius 3 is 2.90 bits per heavy atom. The van der Waals surface area contributed by atoms with Crippen molar-refractivity contribution in [3.05, 3.63) is 77.7 Å². The molecule has 0 spiro atoms. The molecule has 1 amide bonds. The smallest absolute Gasteiger partial charge is 0.274 e. The van der Waals surface area contributed by atoms with E-state index in [-0.39, 0.29) is 11.8 Å². The van der Waals surface area contributed by atoms with Crippen molar-refractivity contribution in [1.29, 1.82) is 0 Å². The number of nitrogens with zero attached hydrogens (tertiary/aromatic N) is 6. The van der Waals surface area contributed by atoms with Crippen LogP contribution >= 0.6 is 11.6 Å². The summed E-state index contributed by atoms with van der Waals surface area (Å²) in [7, 11) is 0. The number of carbonyl (C=O) groups is 1. The molecule has 7 nitrogen and oxygen atoms in total. The van der Waals surface area contributed by atoms with Crippen molar-refractivity contribution in [2.75, 3.05) is 13.1 Å². The molecule has 0 bridgehead atoms. The molecule has 150 valence electrons. The fourth-order valence-electron chi connectivity index (χ4n) is 3.94. The Morgan fingerprint density at radius 1 is 1.10 bits per heavy atom. The molecule has 0 unspecified atom stereocenters. The average molecular weight is 419 g/mol. The SMILES string of the molecule is O=C(c1cnccn1)N1CCC[C@H](c2cccc(-c3cnc4ccc(Cl)cn34)n2)C1. The molecule has 0 N–H and O–H groups in total. The van der Waals surface area contributed by atoms with Gasteiger partial charge in [-0.1, -0.05) is 17.7 Å². The highest BCUT2D eigenvalue weighted by Crippen LogP contribution is 2.29. The Kier molecular flexibility index (Phi) is 4.88. The predicted octanol–water partition coefficient (Wildman–Crippen LogP) is 3.86. The lowest BCUT2D eigenvalue weighted by atomic mass is 9.94. The molecule has 1 fully saturated rings. The number of hydrogen-bond acceptors (Lipinski definition) is 5. The summed E-state index contributed by atoms with van der Waals surface area (Å²) in [5, 5.41) is 0.642.